The Bertz CT molecular complexity index is 195. The van der Waals surface area contributed by atoms with Crippen LogP contribution in [0.3, 0.4) is 0 Å². The summed E-state index contributed by atoms with van der Waals surface area (Å²) in [5.41, 5.74) is 7.50. The molecule has 48 valence electrons. The average molecular weight is 140 g/mol. The first-order valence-electron chi connectivity index (χ1n) is 3.02. The summed E-state index contributed by atoms with van der Waals surface area (Å²) in [6.07, 6.45) is 3.07. The maximum Gasteiger partial charge on any atom is 0.0794 e. The SMILES string of the molecule is N[C@H]1C[C@@H]1c1cncs1. The van der Waals surface area contributed by atoms with E-state index in [-0.39, 0.29) is 0 Å². The van der Waals surface area contributed by atoms with Gasteiger partial charge in [-0.05, 0) is 6.42 Å². The Hall–Kier alpha value is -0.410. The Morgan fingerprint density at radius 2 is 2.56 bits per heavy atom. The molecule has 1 heterocycles. The lowest BCUT2D eigenvalue weighted by Gasteiger charge is -1.84. The lowest BCUT2D eigenvalue weighted by atomic mass is 10.4. The van der Waals surface area contributed by atoms with Gasteiger partial charge in [-0.25, -0.2) is 0 Å². The number of thiazole rings is 1. The molecule has 0 saturated heterocycles. The van der Waals surface area contributed by atoms with Crippen molar-refractivity contribution >= 4 is 11.3 Å². The van der Waals surface area contributed by atoms with Crippen molar-refractivity contribution in [2.75, 3.05) is 0 Å². The minimum Gasteiger partial charge on any atom is -0.327 e. The van der Waals surface area contributed by atoms with E-state index < -0.39 is 0 Å². The lowest BCUT2D eigenvalue weighted by Crippen LogP contribution is -1.99. The van der Waals surface area contributed by atoms with Crippen LogP contribution < -0.4 is 5.73 Å². The van der Waals surface area contributed by atoms with Crippen molar-refractivity contribution in [3.8, 4) is 0 Å². The van der Waals surface area contributed by atoms with Crippen LogP contribution in [0, 0.1) is 0 Å². The van der Waals surface area contributed by atoms with E-state index in [1.54, 1.807) is 11.3 Å². The van der Waals surface area contributed by atoms with Gasteiger partial charge >= 0.3 is 0 Å². The standard InChI is InChI=1S/C6H8N2S/c7-5-1-4(5)6-2-8-3-9-6/h2-5H,1,7H2/t4-,5-/m0/s1. The van der Waals surface area contributed by atoms with Gasteiger partial charge in [0.1, 0.15) is 0 Å². The monoisotopic (exact) mass is 140 g/mol. The molecule has 2 nitrogen and oxygen atoms in total. The van der Waals surface area contributed by atoms with Gasteiger partial charge in [0.05, 0.1) is 5.51 Å². The molecule has 1 aliphatic carbocycles. The molecule has 1 fully saturated rings. The number of nitrogens with two attached hydrogens (primary N) is 1. The highest BCUT2D eigenvalue weighted by molar-refractivity contribution is 7.09. The third-order valence-corrected chi connectivity index (χ3v) is 2.56. The number of hydrogen-bond acceptors (Lipinski definition) is 3. The second-order valence-corrected chi connectivity index (χ2v) is 3.33. The quantitative estimate of drug-likeness (QED) is 0.631. The molecule has 0 unspecified atom stereocenters. The summed E-state index contributed by atoms with van der Waals surface area (Å²) in [5.74, 6) is 0.637. The van der Waals surface area contributed by atoms with Crippen LogP contribution in [0.15, 0.2) is 11.7 Å². The first-order chi connectivity index (χ1) is 4.38. The highest BCUT2D eigenvalue weighted by Crippen LogP contribution is 2.40. The fourth-order valence-electron chi connectivity index (χ4n) is 0.951. The molecule has 0 aromatic carbocycles. The molecule has 9 heavy (non-hydrogen) atoms. The van der Waals surface area contributed by atoms with Crippen LogP contribution in [0.25, 0.3) is 0 Å². The van der Waals surface area contributed by atoms with Gasteiger partial charge < -0.3 is 5.73 Å². The Labute approximate surface area is 57.7 Å². The zero-order valence-corrected chi connectivity index (χ0v) is 5.77. The van der Waals surface area contributed by atoms with Crippen LogP contribution in [-0.4, -0.2) is 11.0 Å². The Morgan fingerprint density at radius 3 is 3.00 bits per heavy atom. The van der Waals surface area contributed by atoms with Gasteiger partial charge in [-0.3, -0.25) is 4.98 Å². The summed E-state index contributed by atoms with van der Waals surface area (Å²) >= 11 is 1.71. The zero-order chi connectivity index (χ0) is 6.27. The maximum absolute atomic E-state index is 5.64. The molecule has 0 radical (unpaired) electrons. The van der Waals surface area contributed by atoms with Gasteiger partial charge in [0, 0.05) is 23.0 Å². The minimum absolute atomic E-state index is 0.422. The van der Waals surface area contributed by atoms with E-state index in [2.05, 4.69) is 4.98 Å². The van der Waals surface area contributed by atoms with E-state index in [1.807, 2.05) is 11.7 Å². The van der Waals surface area contributed by atoms with E-state index in [4.69, 9.17) is 5.73 Å². The maximum atomic E-state index is 5.64. The summed E-state index contributed by atoms with van der Waals surface area (Å²) in [5, 5.41) is 0. The van der Waals surface area contributed by atoms with E-state index >= 15 is 0 Å². The molecule has 0 bridgehead atoms. The third kappa shape index (κ3) is 0.862. The smallest absolute Gasteiger partial charge is 0.0794 e. The molecule has 1 aliphatic rings. The van der Waals surface area contributed by atoms with Crippen LogP contribution in [0.5, 0.6) is 0 Å². The summed E-state index contributed by atoms with van der Waals surface area (Å²) in [6.45, 7) is 0. The Balaban J connectivity index is 2.18. The molecule has 2 atom stereocenters. The number of hydrogen-bond donors (Lipinski definition) is 1. The van der Waals surface area contributed by atoms with Crippen molar-refractivity contribution in [2.45, 2.75) is 18.4 Å². The summed E-state index contributed by atoms with van der Waals surface area (Å²) < 4.78 is 0. The highest BCUT2D eigenvalue weighted by Gasteiger charge is 2.35. The zero-order valence-electron chi connectivity index (χ0n) is 4.95. The van der Waals surface area contributed by atoms with Gasteiger partial charge in [0.25, 0.3) is 0 Å². The molecule has 0 spiro atoms. The van der Waals surface area contributed by atoms with Crippen molar-refractivity contribution in [3.63, 3.8) is 0 Å². The van der Waals surface area contributed by atoms with Crippen LogP contribution in [0.2, 0.25) is 0 Å². The molecular formula is C6H8N2S. The van der Waals surface area contributed by atoms with Crippen molar-refractivity contribution in [1.29, 1.82) is 0 Å². The minimum atomic E-state index is 0.422. The van der Waals surface area contributed by atoms with Crippen molar-refractivity contribution in [2.24, 2.45) is 5.73 Å². The molecule has 2 rings (SSSR count). The molecule has 2 N–H and O–H groups in total. The third-order valence-electron chi connectivity index (χ3n) is 1.66. The van der Waals surface area contributed by atoms with E-state index in [0.29, 0.717) is 12.0 Å². The lowest BCUT2D eigenvalue weighted by molar-refractivity contribution is 1.00. The summed E-state index contributed by atoms with van der Waals surface area (Å²) in [7, 11) is 0. The van der Waals surface area contributed by atoms with Crippen LogP contribution in [0.4, 0.5) is 0 Å². The number of aromatic nitrogens is 1. The van der Waals surface area contributed by atoms with Gasteiger partial charge in [0.2, 0.25) is 0 Å². The fourth-order valence-corrected chi connectivity index (χ4v) is 1.76. The van der Waals surface area contributed by atoms with E-state index in [0.717, 1.165) is 6.42 Å². The van der Waals surface area contributed by atoms with E-state index in [1.165, 1.54) is 4.88 Å². The molecular weight excluding hydrogens is 132 g/mol. The van der Waals surface area contributed by atoms with Crippen molar-refractivity contribution < 1.29 is 0 Å². The molecule has 3 heteroatoms. The predicted octanol–water partition coefficient (Wildman–Crippen LogP) is 0.958. The fraction of sp³-hybridized carbons (Fsp3) is 0.500. The molecule has 0 amide bonds. The van der Waals surface area contributed by atoms with Gasteiger partial charge in [-0.15, -0.1) is 11.3 Å². The second kappa shape index (κ2) is 1.78. The predicted molar refractivity (Wildman–Crippen MR) is 37.4 cm³/mol. The second-order valence-electron chi connectivity index (χ2n) is 2.41. The highest BCUT2D eigenvalue weighted by atomic mass is 32.1. The normalized spacial score (nSPS) is 32.6. The Morgan fingerprint density at radius 1 is 1.78 bits per heavy atom. The number of nitrogens with zero attached hydrogens (tertiary/aromatic N) is 1. The van der Waals surface area contributed by atoms with Gasteiger partial charge in [-0.2, -0.15) is 0 Å². The van der Waals surface area contributed by atoms with Gasteiger partial charge in [-0.1, -0.05) is 0 Å². The number of rotatable bonds is 1. The first kappa shape index (κ1) is 5.38. The van der Waals surface area contributed by atoms with Crippen LogP contribution >= 0.6 is 11.3 Å². The van der Waals surface area contributed by atoms with E-state index in [9.17, 15) is 0 Å². The molecule has 1 aromatic heterocycles. The molecule has 0 aliphatic heterocycles. The Kier molecular flexibility index (Phi) is 1.07. The van der Waals surface area contributed by atoms with Crippen molar-refractivity contribution in [1.82, 2.24) is 4.98 Å². The molecule has 1 saturated carbocycles. The topological polar surface area (TPSA) is 38.9 Å². The summed E-state index contributed by atoms with van der Waals surface area (Å²) in [4.78, 5) is 5.33. The molecule has 1 aromatic rings. The summed E-state index contributed by atoms with van der Waals surface area (Å²) in [6, 6.07) is 0.422. The van der Waals surface area contributed by atoms with Crippen molar-refractivity contribution in [3.05, 3.63) is 16.6 Å². The van der Waals surface area contributed by atoms with Crippen LogP contribution in [0.1, 0.15) is 17.2 Å². The van der Waals surface area contributed by atoms with Crippen LogP contribution in [-0.2, 0) is 0 Å². The average Bonchev–Trinajstić information content (AvgIpc) is 2.44. The largest absolute Gasteiger partial charge is 0.327 e. The first-order valence-corrected chi connectivity index (χ1v) is 3.90. The van der Waals surface area contributed by atoms with Gasteiger partial charge in [0.15, 0.2) is 0 Å².